The SMILES string of the molecule is COc1c(F)cc(CS(=O)(=O)Cl)c(OC)c1Br. The summed E-state index contributed by atoms with van der Waals surface area (Å²) in [5, 5.41) is 0. The second-order valence-corrected chi connectivity index (χ2v) is 6.65. The van der Waals surface area contributed by atoms with E-state index in [2.05, 4.69) is 15.9 Å². The topological polar surface area (TPSA) is 52.6 Å². The van der Waals surface area contributed by atoms with Gasteiger partial charge < -0.3 is 9.47 Å². The van der Waals surface area contributed by atoms with Crippen LogP contribution in [0.25, 0.3) is 0 Å². The van der Waals surface area contributed by atoms with Crippen LogP contribution >= 0.6 is 26.6 Å². The fourth-order valence-corrected chi connectivity index (χ4v) is 3.04. The zero-order chi connectivity index (χ0) is 13.2. The van der Waals surface area contributed by atoms with Crippen molar-refractivity contribution in [2.45, 2.75) is 5.75 Å². The van der Waals surface area contributed by atoms with E-state index in [9.17, 15) is 12.8 Å². The second-order valence-electron chi connectivity index (χ2n) is 3.08. The Kier molecular flexibility index (Phi) is 4.62. The Balaban J connectivity index is 3.42. The summed E-state index contributed by atoms with van der Waals surface area (Å²) < 4.78 is 45.6. The molecule has 1 aromatic carbocycles. The van der Waals surface area contributed by atoms with Gasteiger partial charge in [-0.3, -0.25) is 0 Å². The van der Waals surface area contributed by atoms with Gasteiger partial charge in [0.1, 0.15) is 10.2 Å². The molecule has 1 aromatic rings. The molecule has 0 saturated heterocycles. The van der Waals surface area contributed by atoms with Crippen LogP contribution in [0.5, 0.6) is 11.5 Å². The van der Waals surface area contributed by atoms with Gasteiger partial charge in [0, 0.05) is 16.2 Å². The normalized spacial score (nSPS) is 11.4. The summed E-state index contributed by atoms with van der Waals surface area (Å²) in [6, 6.07) is 1.02. The molecule has 0 fully saturated rings. The fourth-order valence-electron chi connectivity index (χ4n) is 1.33. The van der Waals surface area contributed by atoms with Crippen LogP contribution in [0.4, 0.5) is 4.39 Å². The van der Waals surface area contributed by atoms with Crippen LogP contribution in [0.3, 0.4) is 0 Å². The van der Waals surface area contributed by atoms with Gasteiger partial charge in [-0.05, 0) is 22.0 Å². The molecule has 0 bridgehead atoms. The van der Waals surface area contributed by atoms with Crippen LogP contribution < -0.4 is 9.47 Å². The van der Waals surface area contributed by atoms with Crippen LogP contribution in [-0.2, 0) is 14.8 Å². The maximum Gasteiger partial charge on any atom is 0.236 e. The molecule has 0 aliphatic heterocycles. The number of rotatable bonds is 4. The van der Waals surface area contributed by atoms with Gasteiger partial charge in [0.05, 0.1) is 20.0 Å². The van der Waals surface area contributed by atoms with E-state index in [1.807, 2.05) is 0 Å². The Labute approximate surface area is 111 Å². The Morgan fingerprint density at radius 2 is 1.88 bits per heavy atom. The van der Waals surface area contributed by atoms with E-state index in [1.54, 1.807) is 0 Å². The zero-order valence-corrected chi connectivity index (χ0v) is 12.1. The average Bonchev–Trinajstić information content (AvgIpc) is 2.15. The van der Waals surface area contributed by atoms with Crippen molar-refractivity contribution in [2.75, 3.05) is 14.2 Å². The summed E-state index contributed by atoms with van der Waals surface area (Å²) in [7, 11) is 3.95. The van der Waals surface area contributed by atoms with Gasteiger partial charge in [-0.1, -0.05) is 0 Å². The van der Waals surface area contributed by atoms with Gasteiger partial charge in [-0.2, -0.15) is 0 Å². The third kappa shape index (κ3) is 3.46. The molecule has 1 rings (SSSR count). The lowest BCUT2D eigenvalue weighted by molar-refractivity contribution is 0.367. The number of hydrogen-bond acceptors (Lipinski definition) is 4. The zero-order valence-electron chi connectivity index (χ0n) is 8.96. The molecular weight excluding hydrogens is 339 g/mol. The molecule has 0 aliphatic carbocycles. The molecular formula is C9H9BrClFO4S. The van der Waals surface area contributed by atoms with Crippen LogP contribution in [0.15, 0.2) is 10.5 Å². The quantitative estimate of drug-likeness (QED) is 0.786. The van der Waals surface area contributed by atoms with Crippen LogP contribution in [-0.4, -0.2) is 22.6 Å². The Morgan fingerprint density at radius 3 is 2.29 bits per heavy atom. The first-order valence-electron chi connectivity index (χ1n) is 4.31. The molecule has 4 nitrogen and oxygen atoms in total. The minimum absolute atomic E-state index is 0.0578. The lowest BCUT2D eigenvalue weighted by atomic mass is 10.2. The highest BCUT2D eigenvalue weighted by molar-refractivity contribution is 9.10. The molecule has 0 unspecified atom stereocenters. The van der Waals surface area contributed by atoms with Crippen molar-refractivity contribution in [1.29, 1.82) is 0 Å². The Hall–Kier alpha value is -0.530. The van der Waals surface area contributed by atoms with Crippen molar-refractivity contribution in [3.8, 4) is 11.5 Å². The molecule has 0 heterocycles. The predicted molar refractivity (Wildman–Crippen MR) is 65.7 cm³/mol. The van der Waals surface area contributed by atoms with Crippen LogP contribution in [0.2, 0.25) is 0 Å². The number of methoxy groups -OCH3 is 2. The van der Waals surface area contributed by atoms with Gasteiger partial charge in [0.2, 0.25) is 9.05 Å². The van der Waals surface area contributed by atoms with Crippen molar-refractivity contribution in [3.05, 3.63) is 21.9 Å². The Morgan fingerprint density at radius 1 is 1.35 bits per heavy atom. The molecule has 0 radical (unpaired) electrons. The maximum atomic E-state index is 13.6. The third-order valence-corrected chi connectivity index (χ3v) is 3.65. The van der Waals surface area contributed by atoms with E-state index in [-0.39, 0.29) is 21.5 Å². The van der Waals surface area contributed by atoms with Crippen molar-refractivity contribution < 1.29 is 22.3 Å². The third-order valence-electron chi connectivity index (χ3n) is 1.94. The number of ether oxygens (including phenoxy) is 2. The largest absolute Gasteiger partial charge is 0.495 e. The lowest BCUT2D eigenvalue weighted by Crippen LogP contribution is -2.02. The van der Waals surface area contributed by atoms with Crippen LogP contribution in [0.1, 0.15) is 5.56 Å². The first kappa shape index (κ1) is 14.5. The molecule has 96 valence electrons. The van der Waals surface area contributed by atoms with Crippen molar-refractivity contribution in [2.24, 2.45) is 0 Å². The smallest absolute Gasteiger partial charge is 0.236 e. The van der Waals surface area contributed by atoms with Gasteiger partial charge in [-0.15, -0.1) is 0 Å². The van der Waals surface area contributed by atoms with E-state index < -0.39 is 20.6 Å². The summed E-state index contributed by atoms with van der Waals surface area (Å²) >= 11 is 3.08. The van der Waals surface area contributed by atoms with Gasteiger partial charge in [0.15, 0.2) is 11.6 Å². The fraction of sp³-hybridized carbons (Fsp3) is 0.333. The first-order valence-corrected chi connectivity index (χ1v) is 7.58. The summed E-state index contributed by atoms with van der Waals surface area (Å²) in [5.41, 5.74) is 0.118. The van der Waals surface area contributed by atoms with Crippen molar-refractivity contribution in [3.63, 3.8) is 0 Å². The standard InChI is InChI=1S/C9H9BrClFO4S/c1-15-8-5(4-17(11,13)14)3-6(12)9(16-2)7(8)10/h3H,4H2,1-2H3. The van der Waals surface area contributed by atoms with Gasteiger partial charge in [0.25, 0.3) is 0 Å². The van der Waals surface area contributed by atoms with Gasteiger partial charge >= 0.3 is 0 Å². The first-order chi connectivity index (χ1) is 7.80. The molecule has 0 aliphatic rings. The molecule has 0 N–H and O–H groups in total. The maximum absolute atomic E-state index is 13.6. The monoisotopic (exact) mass is 346 g/mol. The highest BCUT2D eigenvalue weighted by Gasteiger charge is 2.21. The molecule has 0 amide bonds. The molecule has 17 heavy (non-hydrogen) atoms. The minimum atomic E-state index is -3.80. The molecule has 0 saturated carbocycles. The molecule has 8 heteroatoms. The predicted octanol–water partition coefficient (Wildman–Crippen LogP) is 2.67. The van der Waals surface area contributed by atoms with Crippen molar-refractivity contribution >= 4 is 35.7 Å². The average molecular weight is 348 g/mol. The summed E-state index contributed by atoms with van der Waals surface area (Å²) in [6.45, 7) is 0. The highest BCUT2D eigenvalue weighted by atomic mass is 79.9. The van der Waals surface area contributed by atoms with E-state index in [0.717, 1.165) is 6.07 Å². The van der Waals surface area contributed by atoms with E-state index in [0.29, 0.717) is 0 Å². The summed E-state index contributed by atoms with van der Waals surface area (Å²) in [4.78, 5) is 0. The van der Waals surface area contributed by atoms with E-state index in [1.165, 1.54) is 14.2 Å². The Bertz CT molecular complexity index is 532. The molecule has 0 atom stereocenters. The lowest BCUT2D eigenvalue weighted by Gasteiger charge is -2.13. The number of benzene rings is 1. The summed E-state index contributed by atoms with van der Waals surface area (Å²) in [5.74, 6) is -1.11. The van der Waals surface area contributed by atoms with Crippen molar-refractivity contribution in [1.82, 2.24) is 0 Å². The second kappa shape index (κ2) is 5.41. The van der Waals surface area contributed by atoms with Crippen LogP contribution in [0, 0.1) is 5.82 Å². The number of halogens is 3. The van der Waals surface area contributed by atoms with Gasteiger partial charge in [-0.25, -0.2) is 12.8 Å². The molecule has 0 aromatic heterocycles. The van der Waals surface area contributed by atoms with E-state index in [4.69, 9.17) is 20.2 Å². The minimum Gasteiger partial charge on any atom is -0.495 e. The van der Waals surface area contributed by atoms with E-state index >= 15 is 0 Å². The highest BCUT2D eigenvalue weighted by Crippen LogP contribution is 2.40. The number of hydrogen-bond donors (Lipinski definition) is 0. The summed E-state index contributed by atoms with van der Waals surface area (Å²) in [6.07, 6.45) is 0. The molecule has 0 spiro atoms.